The summed E-state index contributed by atoms with van der Waals surface area (Å²) < 4.78 is 3.67. The Morgan fingerprint density at radius 1 is 0.914 bits per heavy atom. The highest BCUT2D eigenvalue weighted by molar-refractivity contribution is 6.09. The van der Waals surface area contributed by atoms with Crippen LogP contribution < -0.4 is 15.5 Å². The number of rotatable bonds is 8. The van der Waals surface area contributed by atoms with Crippen LogP contribution in [0.3, 0.4) is 0 Å². The number of anilines is 2. The average molecular weight is 788 g/mol. The minimum absolute atomic E-state index is 0.202. The van der Waals surface area contributed by atoms with E-state index in [1.165, 1.54) is 6.20 Å². The number of carbonyl (C=O) groups is 3. The van der Waals surface area contributed by atoms with Crippen LogP contribution in [0.25, 0.3) is 16.6 Å². The maximum atomic E-state index is 13.4. The Labute approximate surface area is 337 Å². The van der Waals surface area contributed by atoms with Crippen molar-refractivity contribution in [3.8, 4) is 0 Å². The lowest BCUT2D eigenvalue weighted by atomic mass is 9.89. The van der Waals surface area contributed by atoms with Crippen LogP contribution in [0.5, 0.6) is 0 Å². The molecule has 1 unspecified atom stereocenters. The monoisotopic (exact) mass is 787 g/mol. The SMILES string of the molecule is Cc1nc(C2CCC(=O)NC2=O)ccc1N1CCC(N2CCN(C3CCC(n4cc5cc(NC(=O)c6cnn7cccnc67)c(C(C)(C)O)cc5n4)CC3)CC2)CC1. The van der Waals surface area contributed by atoms with Gasteiger partial charge < -0.3 is 15.3 Å². The van der Waals surface area contributed by atoms with E-state index in [0.29, 0.717) is 53.4 Å². The molecule has 15 nitrogen and oxygen atoms in total. The molecule has 3 N–H and O–H groups in total. The lowest BCUT2D eigenvalue weighted by molar-refractivity contribution is -0.134. The Morgan fingerprint density at radius 2 is 1.62 bits per heavy atom. The van der Waals surface area contributed by atoms with Crippen LogP contribution in [0.2, 0.25) is 0 Å². The van der Waals surface area contributed by atoms with E-state index < -0.39 is 5.60 Å². The zero-order valence-electron chi connectivity index (χ0n) is 33.6. The first-order valence-electron chi connectivity index (χ1n) is 20.9. The van der Waals surface area contributed by atoms with Crippen molar-refractivity contribution in [3.63, 3.8) is 0 Å². The number of piperidine rings is 2. The fourth-order valence-electron chi connectivity index (χ4n) is 9.77. The first kappa shape index (κ1) is 38.3. The van der Waals surface area contributed by atoms with Gasteiger partial charge in [-0.15, -0.1) is 0 Å². The van der Waals surface area contributed by atoms with Gasteiger partial charge in [-0.1, -0.05) is 0 Å². The number of hydrogen-bond donors (Lipinski definition) is 3. The molecule has 0 radical (unpaired) electrons. The molecule has 9 rings (SSSR count). The number of imide groups is 1. The first-order valence-corrected chi connectivity index (χ1v) is 20.9. The molecule has 3 saturated heterocycles. The summed E-state index contributed by atoms with van der Waals surface area (Å²) in [6, 6.07) is 11.1. The fraction of sp³-hybridized carbons (Fsp3) is 0.512. The summed E-state index contributed by atoms with van der Waals surface area (Å²) in [4.78, 5) is 54.4. The second-order valence-electron chi connectivity index (χ2n) is 17.1. The molecule has 58 heavy (non-hydrogen) atoms. The molecule has 3 aliphatic heterocycles. The second-order valence-corrected chi connectivity index (χ2v) is 17.1. The summed E-state index contributed by atoms with van der Waals surface area (Å²) in [5, 5.41) is 26.8. The number of aliphatic hydroxyl groups is 1. The van der Waals surface area contributed by atoms with Crippen LogP contribution in [0.4, 0.5) is 11.4 Å². The first-order chi connectivity index (χ1) is 28.0. The summed E-state index contributed by atoms with van der Waals surface area (Å²) in [6.07, 6.45) is 14.5. The van der Waals surface area contributed by atoms with Gasteiger partial charge in [0.05, 0.1) is 46.3 Å². The standard InChI is InChI=1S/C43H53N11O4/c1-27-38(11-10-35(46-27)32-9-12-39(55)48-41(32)56)52-17-13-30(14-18-52)51-21-19-50(20-22-51)29-5-7-31(8-6-29)54-26-28-23-37(34(43(2,3)58)24-36(28)49-54)47-42(57)33-25-45-53-16-4-15-44-40(33)53/h4,10-11,15-16,23-26,29-32,58H,5-9,12-14,17-22H2,1-3H3,(H,47,57)(H,48,55,56). The number of aryl methyl sites for hydroxylation is 1. The van der Waals surface area contributed by atoms with Crippen LogP contribution >= 0.6 is 0 Å². The number of aromatic nitrogens is 6. The van der Waals surface area contributed by atoms with Crippen molar-refractivity contribution in [2.45, 2.75) is 102 Å². The smallest absolute Gasteiger partial charge is 0.261 e. The number of piperazine rings is 1. The Balaban J connectivity index is 0.771. The number of nitrogens with one attached hydrogen (secondary N) is 2. The van der Waals surface area contributed by atoms with Crippen molar-refractivity contribution in [1.82, 2.24) is 44.5 Å². The van der Waals surface area contributed by atoms with E-state index >= 15 is 0 Å². The van der Waals surface area contributed by atoms with Crippen LogP contribution in [0.1, 0.15) is 104 Å². The predicted octanol–water partition coefficient (Wildman–Crippen LogP) is 4.55. The van der Waals surface area contributed by atoms with E-state index in [1.54, 1.807) is 36.8 Å². The molecule has 4 aliphatic rings. The lowest BCUT2D eigenvalue weighted by Crippen LogP contribution is -2.55. The number of pyridine rings is 1. The molecule has 0 spiro atoms. The molecule has 304 valence electrons. The molecule has 3 amide bonds. The topological polar surface area (TPSA) is 166 Å². The van der Waals surface area contributed by atoms with Gasteiger partial charge >= 0.3 is 0 Å². The predicted molar refractivity (Wildman–Crippen MR) is 220 cm³/mol. The summed E-state index contributed by atoms with van der Waals surface area (Å²) >= 11 is 0. The molecule has 5 aromatic rings. The van der Waals surface area contributed by atoms with Gasteiger partial charge in [-0.2, -0.15) is 10.2 Å². The Kier molecular flexibility index (Phi) is 10.2. The van der Waals surface area contributed by atoms with E-state index in [-0.39, 0.29) is 23.6 Å². The maximum absolute atomic E-state index is 13.4. The molecule has 4 fully saturated rings. The molecule has 0 bridgehead atoms. The molecular formula is C43H53N11O4. The molecule has 1 saturated carbocycles. The number of hydrogen-bond acceptors (Lipinski definition) is 11. The minimum Gasteiger partial charge on any atom is -0.386 e. The van der Waals surface area contributed by atoms with Gasteiger partial charge in [-0.25, -0.2) is 9.50 Å². The summed E-state index contributed by atoms with van der Waals surface area (Å²) in [6.45, 7) is 11.9. The zero-order chi connectivity index (χ0) is 40.1. The fourth-order valence-corrected chi connectivity index (χ4v) is 9.77. The van der Waals surface area contributed by atoms with Crippen molar-refractivity contribution in [2.24, 2.45) is 0 Å². The Bertz CT molecular complexity index is 2340. The molecule has 1 aliphatic carbocycles. The average Bonchev–Trinajstić information content (AvgIpc) is 3.85. The lowest BCUT2D eigenvalue weighted by Gasteiger charge is -2.46. The molecular weight excluding hydrogens is 735 g/mol. The van der Waals surface area contributed by atoms with E-state index in [4.69, 9.17) is 10.1 Å². The molecule has 4 aromatic heterocycles. The van der Waals surface area contributed by atoms with E-state index in [9.17, 15) is 19.5 Å². The Morgan fingerprint density at radius 3 is 2.31 bits per heavy atom. The van der Waals surface area contributed by atoms with Crippen molar-refractivity contribution in [1.29, 1.82) is 0 Å². The van der Waals surface area contributed by atoms with E-state index in [0.717, 1.165) is 106 Å². The molecule has 1 atom stereocenters. The van der Waals surface area contributed by atoms with E-state index in [2.05, 4.69) is 52.4 Å². The highest BCUT2D eigenvalue weighted by Gasteiger charge is 2.34. The van der Waals surface area contributed by atoms with Crippen LogP contribution in [-0.2, 0) is 15.2 Å². The third kappa shape index (κ3) is 7.58. The van der Waals surface area contributed by atoms with Crippen LogP contribution in [0.15, 0.2) is 55.1 Å². The zero-order valence-corrected chi connectivity index (χ0v) is 33.6. The largest absolute Gasteiger partial charge is 0.386 e. The van der Waals surface area contributed by atoms with Gasteiger partial charge in [-0.05, 0) is 96.0 Å². The third-order valence-electron chi connectivity index (χ3n) is 13.0. The van der Waals surface area contributed by atoms with Gasteiger partial charge in [0, 0.05) is 93.0 Å². The van der Waals surface area contributed by atoms with Crippen molar-refractivity contribution < 1.29 is 19.5 Å². The minimum atomic E-state index is -1.20. The quantitative estimate of drug-likeness (QED) is 0.189. The number of amides is 3. The Hall–Kier alpha value is -5.25. The second kappa shape index (κ2) is 15.5. The summed E-state index contributed by atoms with van der Waals surface area (Å²) in [5.74, 6) is -1.14. The number of fused-ring (bicyclic) bond motifs is 2. The van der Waals surface area contributed by atoms with Crippen LogP contribution in [-0.4, -0.2) is 113 Å². The molecule has 15 heteroatoms. The number of benzene rings is 1. The van der Waals surface area contributed by atoms with Crippen LogP contribution in [0, 0.1) is 6.92 Å². The number of carbonyl (C=O) groups excluding carboxylic acids is 3. The van der Waals surface area contributed by atoms with E-state index in [1.807, 2.05) is 25.1 Å². The van der Waals surface area contributed by atoms with Gasteiger partial charge in [-0.3, -0.25) is 39.2 Å². The van der Waals surface area contributed by atoms with Gasteiger partial charge in [0.2, 0.25) is 11.8 Å². The summed E-state index contributed by atoms with van der Waals surface area (Å²) in [5.41, 5.74) is 4.40. The third-order valence-corrected chi connectivity index (χ3v) is 13.0. The van der Waals surface area contributed by atoms with Crippen molar-refractivity contribution in [2.75, 3.05) is 49.5 Å². The molecule has 1 aromatic carbocycles. The highest BCUT2D eigenvalue weighted by Crippen LogP contribution is 2.36. The molecule has 7 heterocycles. The normalized spacial score (nSPS) is 23.1. The van der Waals surface area contributed by atoms with Gasteiger partial charge in [0.15, 0.2) is 5.65 Å². The van der Waals surface area contributed by atoms with Gasteiger partial charge in [0.1, 0.15) is 5.56 Å². The van der Waals surface area contributed by atoms with Gasteiger partial charge in [0.25, 0.3) is 5.91 Å². The highest BCUT2D eigenvalue weighted by atomic mass is 16.3. The van der Waals surface area contributed by atoms with Crippen molar-refractivity contribution >= 4 is 45.6 Å². The maximum Gasteiger partial charge on any atom is 0.261 e. The summed E-state index contributed by atoms with van der Waals surface area (Å²) in [7, 11) is 0. The van der Waals surface area contributed by atoms with Crippen molar-refractivity contribution in [3.05, 3.63) is 77.6 Å². The number of nitrogens with zero attached hydrogens (tertiary/aromatic N) is 9.